The Morgan fingerprint density at radius 3 is 2.41 bits per heavy atom. The maximum atomic E-state index is 12.9. The van der Waals surface area contributed by atoms with Gasteiger partial charge >= 0.3 is 0 Å². The fourth-order valence-electron chi connectivity index (χ4n) is 3.44. The second kappa shape index (κ2) is 9.22. The Morgan fingerprint density at radius 2 is 1.81 bits per heavy atom. The van der Waals surface area contributed by atoms with Crippen LogP contribution >= 0.6 is 0 Å². The van der Waals surface area contributed by atoms with Crippen molar-refractivity contribution in [3.63, 3.8) is 0 Å². The lowest BCUT2D eigenvalue weighted by Crippen LogP contribution is -2.46. The molecule has 0 bridgehead atoms. The van der Waals surface area contributed by atoms with Crippen LogP contribution in [0.5, 0.6) is 5.75 Å². The van der Waals surface area contributed by atoms with Crippen molar-refractivity contribution in [1.82, 2.24) is 9.55 Å². The van der Waals surface area contributed by atoms with E-state index in [1.54, 1.807) is 6.07 Å². The molecule has 3 rings (SSSR count). The number of aliphatic hydroxyl groups is 1. The summed E-state index contributed by atoms with van der Waals surface area (Å²) in [5, 5.41) is 9.57. The van der Waals surface area contributed by atoms with E-state index in [4.69, 9.17) is 4.74 Å². The molecule has 0 unspecified atom stereocenters. The Bertz CT molecular complexity index is 1300. The van der Waals surface area contributed by atoms with Crippen molar-refractivity contribution in [3.8, 4) is 16.9 Å². The van der Waals surface area contributed by atoms with Crippen molar-refractivity contribution in [2.24, 2.45) is 0 Å². The Morgan fingerprint density at radius 1 is 1.16 bits per heavy atom. The fraction of sp³-hybridized carbons (Fsp3) is 0.348. The van der Waals surface area contributed by atoms with Crippen LogP contribution in [0.1, 0.15) is 20.3 Å². The summed E-state index contributed by atoms with van der Waals surface area (Å²) < 4.78 is 29.3. The van der Waals surface area contributed by atoms with Gasteiger partial charge in [0.25, 0.3) is 5.56 Å². The molecule has 1 heterocycles. The molecule has 0 radical (unpaired) electrons. The van der Waals surface area contributed by atoms with Gasteiger partial charge in [-0.1, -0.05) is 18.2 Å². The van der Waals surface area contributed by atoms with Crippen LogP contribution in [0.25, 0.3) is 22.0 Å². The number of fused-ring (bicyclic) bond motifs is 1. The lowest BCUT2D eigenvalue weighted by molar-refractivity contribution is -0.124. The minimum absolute atomic E-state index is 0.0300. The predicted molar refractivity (Wildman–Crippen MR) is 123 cm³/mol. The van der Waals surface area contributed by atoms with Crippen LogP contribution in [0.15, 0.2) is 53.6 Å². The van der Waals surface area contributed by atoms with E-state index in [2.05, 4.69) is 4.98 Å². The number of nitrogens with zero attached hydrogens (tertiary/aromatic N) is 2. The summed E-state index contributed by atoms with van der Waals surface area (Å²) in [5.41, 5.74) is 2.02. The number of ketones is 1. The summed E-state index contributed by atoms with van der Waals surface area (Å²) in [6.07, 6.45) is 2.14. The van der Waals surface area contributed by atoms with Crippen LogP contribution in [0, 0.1) is 0 Å². The Labute approximate surface area is 186 Å². The molecule has 9 heteroatoms. The molecule has 2 aromatic carbocycles. The van der Waals surface area contributed by atoms with E-state index < -0.39 is 27.0 Å². The van der Waals surface area contributed by atoms with E-state index in [9.17, 15) is 23.1 Å². The number of ether oxygens (including phenoxy) is 1. The fourth-order valence-corrected chi connectivity index (χ4v) is 4.38. The molecular weight excluding hydrogens is 432 g/mol. The summed E-state index contributed by atoms with van der Waals surface area (Å²) in [4.78, 5) is 29.4. The van der Waals surface area contributed by atoms with Gasteiger partial charge in [-0.3, -0.25) is 14.2 Å². The zero-order valence-corrected chi connectivity index (χ0v) is 19.1. The number of hydrogen-bond acceptors (Lipinski definition) is 7. The van der Waals surface area contributed by atoms with E-state index in [1.165, 1.54) is 17.8 Å². The highest BCUT2D eigenvalue weighted by Crippen LogP contribution is 2.25. The normalized spacial score (nSPS) is 13.6. The molecule has 170 valence electrons. The van der Waals surface area contributed by atoms with Gasteiger partial charge in [0.1, 0.15) is 17.1 Å². The highest BCUT2D eigenvalue weighted by atomic mass is 32.2. The monoisotopic (exact) mass is 458 g/mol. The first kappa shape index (κ1) is 23.6. The second-order valence-electron chi connectivity index (χ2n) is 7.77. The minimum Gasteiger partial charge on any atom is -0.494 e. The van der Waals surface area contributed by atoms with Gasteiger partial charge in [0.05, 0.1) is 23.8 Å². The average Bonchev–Trinajstić information content (AvgIpc) is 2.77. The van der Waals surface area contributed by atoms with Gasteiger partial charge in [0.15, 0.2) is 15.6 Å². The zero-order valence-electron chi connectivity index (χ0n) is 18.2. The molecule has 0 aliphatic rings. The van der Waals surface area contributed by atoms with Crippen molar-refractivity contribution in [2.75, 3.05) is 19.5 Å². The number of rotatable bonds is 9. The Balaban J connectivity index is 1.90. The molecule has 3 aromatic rings. The van der Waals surface area contributed by atoms with Crippen molar-refractivity contribution in [2.45, 2.75) is 31.6 Å². The van der Waals surface area contributed by atoms with Crippen molar-refractivity contribution in [1.29, 1.82) is 0 Å². The molecular formula is C23H26N2O6S. The van der Waals surface area contributed by atoms with Crippen LogP contribution in [-0.2, 0) is 21.2 Å². The molecule has 32 heavy (non-hydrogen) atoms. The van der Waals surface area contributed by atoms with Crippen molar-refractivity contribution < 1.29 is 23.1 Å². The summed E-state index contributed by atoms with van der Waals surface area (Å²) in [6, 6.07) is 12.9. The molecule has 0 amide bonds. The second-order valence-corrected chi connectivity index (χ2v) is 10.2. The van der Waals surface area contributed by atoms with Gasteiger partial charge in [-0.15, -0.1) is 0 Å². The smallest absolute Gasteiger partial charge is 0.261 e. The molecule has 8 nitrogen and oxygen atoms in total. The van der Waals surface area contributed by atoms with Crippen LogP contribution < -0.4 is 10.3 Å². The van der Waals surface area contributed by atoms with Crippen LogP contribution in [0.3, 0.4) is 0 Å². The van der Waals surface area contributed by atoms with E-state index in [1.807, 2.05) is 43.3 Å². The average molecular weight is 459 g/mol. The number of aryl methyl sites for hydroxylation is 1. The summed E-state index contributed by atoms with van der Waals surface area (Å²) >= 11 is 0. The maximum absolute atomic E-state index is 12.9. The minimum atomic E-state index is -3.80. The van der Waals surface area contributed by atoms with E-state index in [0.717, 1.165) is 23.1 Å². The van der Waals surface area contributed by atoms with E-state index in [0.29, 0.717) is 17.5 Å². The molecule has 1 atom stereocenters. The van der Waals surface area contributed by atoms with Gasteiger partial charge < -0.3 is 9.84 Å². The molecule has 0 fully saturated rings. The largest absolute Gasteiger partial charge is 0.494 e. The number of aliphatic hydroxyl groups excluding tert-OH is 1. The van der Waals surface area contributed by atoms with Gasteiger partial charge in [-0.25, -0.2) is 13.4 Å². The van der Waals surface area contributed by atoms with E-state index >= 15 is 0 Å². The summed E-state index contributed by atoms with van der Waals surface area (Å²) in [7, 11) is -3.80. The molecule has 1 N–H and O–H groups in total. The van der Waals surface area contributed by atoms with Gasteiger partial charge in [0.2, 0.25) is 0 Å². The molecule has 1 aromatic heterocycles. The number of Topliss-reactive ketones (excluding diaryl/α,β-unsaturated/α-hetero) is 1. The van der Waals surface area contributed by atoms with Crippen LogP contribution in [-0.4, -0.2) is 53.1 Å². The molecule has 0 saturated carbocycles. The van der Waals surface area contributed by atoms with Gasteiger partial charge in [-0.2, -0.15) is 0 Å². The van der Waals surface area contributed by atoms with Crippen LogP contribution in [0.4, 0.5) is 0 Å². The number of benzene rings is 2. The third-order valence-corrected chi connectivity index (χ3v) is 7.77. The first-order valence-corrected chi connectivity index (χ1v) is 12.1. The van der Waals surface area contributed by atoms with Crippen molar-refractivity contribution in [3.05, 3.63) is 59.1 Å². The highest BCUT2D eigenvalue weighted by molar-refractivity contribution is 7.92. The van der Waals surface area contributed by atoms with Crippen LogP contribution in [0.2, 0.25) is 0 Å². The predicted octanol–water partition coefficient (Wildman–Crippen LogP) is 2.22. The maximum Gasteiger partial charge on any atom is 0.261 e. The number of aromatic nitrogens is 2. The molecule has 0 aliphatic heterocycles. The number of hydrogen-bond donors (Lipinski definition) is 1. The third kappa shape index (κ3) is 4.58. The standard InChI is InChI=1S/C23H26N2O6S/c1-4-31-18-8-5-16(6-9-18)17-7-10-19-20(13-17)24-15-25(22(19)28)12-11-23(2,21(27)14-26)32(3,29)30/h5-10,13,15,26H,4,11-12,14H2,1-3H3/t23-/m1/s1. The first-order valence-electron chi connectivity index (χ1n) is 10.2. The number of carbonyl (C=O) groups is 1. The number of carbonyl (C=O) groups excluding carboxylic acids is 1. The Kier molecular flexibility index (Phi) is 6.80. The van der Waals surface area contributed by atoms with Crippen molar-refractivity contribution >= 4 is 26.5 Å². The summed E-state index contributed by atoms with van der Waals surface area (Å²) in [5.74, 6) is -0.0272. The highest BCUT2D eigenvalue weighted by Gasteiger charge is 2.42. The topological polar surface area (TPSA) is 116 Å². The molecule has 0 spiro atoms. The lowest BCUT2D eigenvalue weighted by Gasteiger charge is -2.25. The SMILES string of the molecule is CCOc1ccc(-c2ccc3c(=O)n(CC[C@](C)(C(=O)CO)S(C)(=O)=O)cnc3c2)cc1. The van der Waals surface area contributed by atoms with Gasteiger partial charge in [0, 0.05) is 12.8 Å². The number of sulfone groups is 1. The Hall–Kier alpha value is -3.04. The molecule has 0 saturated heterocycles. The summed E-state index contributed by atoms with van der Waals surface area (Å²) in [6.45, 7) is 2.86. The quantitative estimate of drug-likeness (QED) is 0.523. The lowest BCUT2D eigenvalue weighted by atomic mass is 10.0. The van der Waals surface area contributed by atoms with Gasteiger partial charge in [-0.05, 0) is 55.7 Å². The third-order valence-electron chi connectivity index (χ3n) is 5.71. The first-order chi connectivity index (χ1) is 15.1. The molecule has 0 aliphatic carbocycles. The zero-order chi connectivity index (χ0) is 23.5. The van der Waals surface area contributed by atoms with E-state index in [-0.39, 0.29) is 18.5 Å².